The highest BCUT2D eigenvalue weighted by atomic mass is 32.1. The molecule has 2 aliphatic heterocycles. The maximum Gasteiger partial charge on any atom is 0.357 e. The summed E-state index contributed by atoms with van der Waals surface area (Å²) in [5.74, 6) is -1.50. The first-order valence-electron chi connectivity index (χ1n) is 9.63. The molecule has 0 saturated carbocycles. The Morgan fingerprint density at radius 2 is 2.10 bits per heavy atom. The molecule has 0 spiro atoms. The summed E-state index contributed by atoms with van der Waals surface area (Å²) < 4.78 is 4.89. The lowest BCUT2D eigenvalue weighted by Crippen LogP contribution is -2.47. The standard InChI is InChI=1S/C20H20N4O5S/c1-2-29-19(28)13-11-30-20(21-13)22-16(25)10-24-14-7-4-3-6-12(14)17(26)23-9-5-8-15(23)18(24)27/h3-4,6-7,11,15H,2,5,8-10H2,1H3,(H,21,22,25). The Morgan fingerprint density at radius 1 is 1.30 bits per heavy atom. The molecular formula is C20H20N4O5S. The third kappa shape index (κ3) is 3.65. The smallest absolute Gasteiger partial charge is 0.357 e. The predicted octanol–water partition coefficient (Wildman–Crippen LogP) is 1.91. The molecule has 0 radical (unpaired) electrons. The van der Waals surface area contributed by atoms with E-state index in [1.54, 1.807) is 36.1 Å². The molecule has 3 heterocycles. The van der Waals surface area contributed by atoms with Gasteiger partial charge in [-0.1, -0.05) is 12.1 Å². The van der Waals surface area contributed by atoms with Crippen LogP contribution in [0.15, 0.2) is 29.6 Å². The van der Waals surface area contributed by atoms with Gasteiger partial charge in [0.1, 0.15) is 12.6 Å². The van der Waals surface area contributed by atoms with Crippen LogP contribution in [0.1, 0.15) is 40.6 Å². The normalized spacial score (nSPS) is 18.0. The maximum absolute atomic E-state index is 13.2. The van der Waals surface area contributed by atoms with Crippen molar-refractivity contribution in [3.8, 4) is 0 Å². The first-order valence-corrected chi connectivity index (χ1v) is 10.5. The largest absolute Gasteiger partial charge is 0.461 e. The van der Waals surface area contributed by atoms with Gasteiger partial charge in [-0.3, -0.25) is 14.4 Å². The van der Waals surface area contributed by atoms with Gasteiger partial charge < -0.3 is 19.9 Å². The second-order valence-corrected chi connectivity index (χ2v) is 7.76. The topological polar surface area (TPSA) is 109 Å². The number of anilines is 2. The minimum atomic E-state index is -0.564. The molecule has 1 aromatic heterocycles. The number of benzene rings is 1. The van der Waals surface area contributed by atoms with Crippen LogP contribution in [-0.2, 0) is 14.3 Å². The molecule has 1 atom stereocenters. The summed E-state index contributed by atoms with van der Waals surface area (Å²) in [5.41, 5.74) is 0.936. The molecule has 9 nitrogen and oxygen atoms in total. The third-order valence-corrected chi connectivity index (χ3v) is 5.78. The Labute approximate surface area is 176 Å². The van der Waals surface area contributed by atoms with Crippen molar-refractivity contribution in [2.45, 2.75) is 25.8 Å². The van der Waals surface area contributed by atoms with Crippen LogP contribution < -0.4 is 10.2 Å². The molecule has 0 aliphatic carbocycles. The van der Waals surface area contributed by atoms with Gasteiger partial charge in [-0.15, -0.1) is 11.3 Å². The van der Waals surface area contributed by atoms with E-state index in [1.807, 2.05) is 0 Å². The molecule has 3 amide bonds. The zero-order valence-corrected chi connectivity index (χ0v) is 17.1. The first-order chi connectivity index (χ1) is 14.5. The quantitative estimate of drug-likeness (QED) is 0.729. The number of aromatic nitrogens is 1. The van der Waals surface area contributed by atoms with Crippen LogP contribution in [0, 0.1) is 0 Å². The van der Waals surface area contributed by atoms with E-state index in [9.17, 15) is 19.2 Å². The third-order valence-electron chi connectivity index (χ3n) is 5.03. The molecule has 2 aliphatic rings. The van der Waals surface area contributed by atoms with Crippen molar-refractivity contribution in [1.29, 1.82) is 0 Å². The van der Waals surface area contributed by atoms with Crippen molar-refractivity contribution in [2.24, 2.45) is 0 Å². The number of rotatable bonds is 5. The molecular weight excluding hydrogens is 408 g/mol. The molecule has 1 aromatic carbocycles. The lowest BCUT2D eigenvalue weighted by atomic mass is 10.1. The highest BCUT2D eigenvalue weighted by molar-refractivity contribution is 7.14. The summed E-state index contributed by atoms with van der Waals surface area (Å²) in [4.78, 5) is 57.5. The van der Waals surface area contributed by atoms with Gasteiger partial charge in [0.05, 0.1) is 17.9 Å². The number of carbonyl (C=O) groups is 4. The Bertz CT molecular complexity index is 1020. The lowest BCUT2D eigenvalue weighted by Gasteiger charge is -2.25. The minimum absolute atomic E-state index is 0.112. The number of esters is 1. The van der Waals surface area contributed by atoms with Gasteiger partial charge in [0.2, 0.25) is 11.8 Å². The summed E-state index contributed by atoms with van der Waals surface area (Å²) in [6.07, 6.45) is 1.33. The summed E-state index contributed by atoms with van der Waals surface area (Å²) in [6, 6.07) is 6.24. The van der Waals surface area contributed by atoms with Crippen LogP contribution in [0.5, 0.6) is 0 Å². The molecule has 10 heteroatoms. The average molecular weight is 428 g/mol. The Balaban J connectivity index is 1.55. The zero-order valence-electron chi connectivity index (χ0n) is 16.3. The van der Waals surface area contributed by atoms with Crippen molar-refractivity contribution >= 4 is 45.8 Å². The molecule has 2 aromatic rings. The maximum atomic E-state index is 13.2. The zero-order chi connectivity index (χ0) is 21.3. The highest BCUT2D eigenvalue weighted by Gasteiger charge is 2.42. The van der Waals surface area contributed by atoms with Gasteiger partial charge >= 0.3 is 5.97 Å². The van der Waals surface area contributed by atoms with Crippen LogP contribution in [-0.4, -0.2) is 59.3 Å². The molecule has 4 rings (SSSR count). The summed E-state index contributed by atoms with van der Waals surface area (Å²) >= 11 is 1.09. The average Bonchev–Trinajstić information content (AvgIpc) is 3.39. The van der Waals surface area contributed by atoms with Gasteiger partial charge in [0.15, 0.2) is 10.8 Å². The number of para-hydroxylation sites is 1. The number of carbonyl (C=O) groups excluding carboxylic acids is 4. The molecule has 1 fully saturated rings. The Hall–Kier alpha value is -3.27. The van der Waals surface area contributed by atoms with Crippen molar-refractivity contribution in [3.63, 3.8) is 0 Å². The number of thiazole rings is 1. The van der Waals surface area contributed by atoms with Crippen LogP contribution in [0.25, 0.3) is 0 Å². The molecule has 0 bridgehead atoms. The van der Waals surface area contributed by atoms with E-state index in [1.165, 1.54) is 10.3 Å². The highest BCUT2D eigenvalue weighted by Crippen LogP contribution is 2.32. The van der Waals surface area contributed by atoms with E-state index >= 15 is 0 Å². The van der Waals surface area contributed by atoms with E-state index in [0.717, 1.165) is 17.8 Å². The monoisotopic (exact) mass is 428 g/mol. The number of nitrogens with one attached hydrogen (secondary N) is 1. The van der Waals surface area contributed by atoms with Crippen LogP contribution in [0.4, 0.5) is 10.8 Å². The van der Waals surface area contributed by atoms with E-state index < -0.39 is 17.9 Å². The lowest BCUT2D eigenvalue weighted by molar-refractivity contribution is -0.124. The van der Waals surface area contributed by atoms with Gasteiger partial charge in [-0.2, -0.15) is 0 Å². The number of ether oxygens (including phenoxy) is 1. The fourth-order valence-electron chi connectivity index (χ4n) is 3.71. The Kier molecular flexibility index (Phi) is 5.49. The van der Waals surface area contributed by atoms with Crippen LogP contribution >= 0.6 is 11.3 Å². The predicted molar refractivity (Wildman–Crippen MR) is 110 cm³/mol. The summed E-state index contributed by atoms with van der Waals surface area (Å²) in [5, 5.41) is 4.35. The van der Waals surface area contributed by atoms with Gasteiger partial charge in [-0.05, 0) is 31.9 Å². The van der Waals surface area contributed by atoms with E-state index in [-0.39, 0.29) is 35.8 Å². The van der Waals surface area contributed by atoms with Crippen LogP contribution in [0.3, 0.4) is 0 Å². The van der Waals surface area contributed by atoms with Crippen molar-refractivity contribution in [3.05, 3.63) is 40.9 Å². The SMILES string of the molecule is CCOC(=O)c1csc(NC(=O)CN2C(=O)C3CCCN3C(=O)c3ccccc32)n1. The molecule has 1 N–H and O–H groups in total. The van der Waals surface area contributed by atoms with Crippen molar-refractivity contribution in [1.82, 2.24) is 9.88 Å². The van der Waals surface area contributed by atoms with E-state index in [2.05, 4.69) is 10.3 Å². The number of hydrogen-bond donors (Lipinski definition) is 1. The summed E-state index contributed by atoms with van der Waals surface area (Å²) in [7, 11) is 0. The minimum Gasteiger partial charge on any atom is -0.461 e. The second kappa shape index (κ2) is 8.23. The first kappa shape index (κ1) is 20.0. The van der Waals surface area contributed by atoms with Gasteiger partial charge in [-0.25, -0.2) is 9.78 Å². The van der Waals surface area contributed by atoms with Crippen molar-refractivity contribution < 1.29 is 23.9 Å². The van der Waals surface area contributed by atoms with E-state index in [0.29, 0.717) is 24.2 Å². The molecule has 1 unspecified atom stereocenters. The number of hydrogen-bond acceptors (Lipinski definition) is 7. The fraction of sp³-hybridized carbons (Fsp3) is 0.350. The number of fused-ring (bicyclic) bond motifs is 2. The van der Waals surface area contributed by atoms with Crippen molar-refractivity contribution in [2.75, 3.05) is 29.9 Å². The number of nitrogens with zero attached hydrogens (tertiary/aromatic N) is 3. The molecule has 156 valence electrons. The second-order valence-electron chi connectivity index (χ2n) is 6.90. The Morgan fingerprint density at radius 3 is 2.90 bits per heavy atom. The van der Waals surface area contributed by atoms with Gasteiger partial charge in [0, 0.05) is 11.9 Å². The molecule has 30 heavy (non-hydrogen) atoms. The van der Waals surface area contributed by atoms with Crippen LogP contribution in [0.2, 0.25) is 0 Å². The summed E-state index contributed by atoms with van der Waals surface area (Å²) in [6.45, 7) is 2.19. The molecule has 1 saturated heterocycles. The fourth-order valence-corrected chi connectivity index (χ4v) is 4.40. The number of amides is 3. The van der Waals surface area contributed by atoms with E-state index in [4.69, 9.17) is 4.74 Å². The van der Waals surface area contributed by atoms with Gasteiger partial charge in [0.25, 0.3) is 5.91 Å².